The average molecular weight is 308 g/mol. The van der Waals surface area contributed by atoms with Gasteiger partial charge in [0, 0.05) is 27.7 Å². The van der Waals surface area contributed by atoms with Gasteiger partial charge in [0.15, 0.2) is 0 Å². The maximum atomic E-state index is 11.6. The number of rotatable bonds is 1. The number of aliphatic imine (C=N–C) groups is 1. The Morgan fingerprint density at radius 3 is 2.78 bits per heavy atom. The molecule has 0 radical (unpaired) electrons. The Bertz CT molecular complexity index is 608. The van der Waals surface area contributed by atoms with E-state index >= 15 is 0 Å². The van der Waals surface area contributed by atoms with E-state index < -0.39 is 5.91 Å². The maximum absolute atomic E-state index is 11.6. The molecule has 0 aliphatic rings. The molecule has 0 saturated carbocycles. The summed E-state index contributed by atoms with van der Waals surface area (Å²) in [6, 6.07) is 6.90. The summed E-state index contributed by atoms with van der Waals surface area (Å²) in [6.07, 6.45) is 0. The van der Waals surface area contributed by atoms with Gasteiger partial charge in [0.2, 0.25) is 5.96 Å². The van der Waals surface area contributed by atoms with Gasteiger partial charge < -0.3 is 10.7 Å². The summed E-state index contributed by atoms with van der Waals surface area (Å²) >= 11 is 11.0. The highest BCUT2D eigenvalue weighted by molar-refractivity contribution is 6.31. The molecule has 1 heterocycles. The number of hydrogen-bond donors (Lipinski definition) is 3. The van der Waals surface area contributed by atoms with Crippen LogP contribution in [0.5, 0.6) is 0 Å². The average Bonchev–Trinajstić information content (AvgIpc) is 2.71. The normalized spacial score (nSPS) is 11.1. The first kappa shape index (κ1) is 14.6. The molecule has 0 bridgehead atoms. The topological polar surface area (TPSA) is 83.3 Å². The molecule has 8 heteroatoms. The number of H-pyrrole nitrogens is 1. The van der Waals surface area contributed by atoms with E-state index in [1.807, 2.05) is 0 Å². The van der Waals surface area contributed by atoms with Gasteiger partial charge in [-0.3, -0.25) is 9.63 Å². The second-order valence-electron chi connectivity index (χ2n) is 3.31. The molecule has 1 amide bonds. The Kier molecular flexibility index (Phi) is 4.84. The molecule has 0 saturated heterocycles. The molecule has 18 heavy (non-hydrogen) atoms. The van der Waals surface area contributed by atoms with Crippen LogP contribution >= 0.6 is 35.8 Å². The fourth-order valence-corrected chi connectivity index (χ4v) is 1.63. The molecule has 1 aromatic heterocycles. The van der Waals surface area contributed by atoms with Crippen LogP contribution in [0.25, 0.3) is 10.9 Å². The quantitative estimate of drug-likeness (QED) is 0.430. The predicted octanol–water partition coefficient (Wildman–Crippen LogP) is 2.44. The number of hydrogen-bond acceptors (Lipinski definition) is 1. The zero-order valence-electron chi connectivity index (χ0n) is 8.91. The standard InChI is InChI=1S/C10H8Cl2N4O.ClH/c11-6-1-2-7-5(3-6)4-8(14-7)9(17)15-10(13)16-12;/h1-4,14H,(H3,13,15,16,17);1H. The molecule has 0 unspecified atom stereocenters. The highest BCUT2D eigenvalue weighted by atomic mass is 35.5. The monoisotopic (exact) mass is 306 g/mol. The Hall–Kier alpha value is -1.43. The van der Waals surface area contributed by atoms with Gasteiger partial charge in [-0.2, -0.15) is 4.99 Å². The van der Waals surface area contributed by atoms with Gasteiger partial charge in [0.05, 0.1) is 0 Å². The van der Waals surface area contributed by atoms with Gasteiger partial charge in [-0.05, 0) is 24.3 Å². The summed E-state index contributed by atoms with van der Waals surface area (Å²) in [5, 5.41) is 1.43. The van der Waals surface area contributed by atoms with Crippen molar-refractivity contribution in [3.63, 3.8) is 0 Å². The number of guanidine groups is 1. The van der Waals surface area contributed by atoms with E-state index in [1.165, 1.54) is 0 Å². The van der Waals surface area contributed by atoms with Crippen molar-refractivity contribution in [2.24, 2.45) is 10.7 Å². The second-order valence-corrected chi connectivity index (χ2v) is 3.94. The molecular formula is C10H9Cl3N4O. The number of aromatic amines is 1. The largest absolute Gasteiger partial charge is 0.369 e. The minimum atomic E-state index is -0.511. The molecule has 2 rings (SSSR count). The summed E-state index contributed by atoms with van der Waals surface area (Å²) in [4.78, 5) is 20.1. The second kappa shape index (κ2) is 5.95. The minimum Gasteiger partial charge on any atom is -0.369 e. The van der Waals surface area contributed by atoms with Gasteiger partial charge in [-0.1, -0.05) is 11.6 Å². The van der Waals surface area contributed by atoms with E-state index in [9.17, 15) is 4.79 Å². The Labute approximate surface area is 119 Å². The molecule has 96 valence electrons. The molecule has 0 aliphatic carbocycles. The number of fused-ring (bicyclic) bond motifs is 1. The van der Waals surface area contributed by atoms with Crippen LogP contribution in [-0.4, -0.2) is 16.9 Å². The summed E-state index contributed by atoms with van der Waals surface area (Å²) < 4.78 is 0. The molecule has 4 N–H and O–H groups in total. The first-order valence-electron chi connectivity index (χ1n) is 4.63. The van der Waals surface area contributed by atoms with E-state index in [2.05, 4.69) is 14.8 Å². The van der Waals surface area contributed by atoms with E-state index in [1.54, 1.807) is 24.3 Å². The fourth-order valence-electron chi connectivity index (χ4n) is 1.41. The first-order chi connectivity index (χ1) is 8.10. The van der Waals surface area contributed by atoms with Crippen molar-refractivity contribution in [3.8, 4) is 0 Å². The molecule has 0 spiro atoms. The Balaban J connectivity index is 0.00000162. The number of halogens is 3. The number of carbonyl (C=O) groups is 1. The van der Waals surface area contributed by atoms with Crippen molar-refractivity contribution in [1.29, 1.82) is 0 Å². The van der Waals surface area contributed by atoms with Gasteiger partial charge in [0.25, 0.3) is 5.91 Å². The highest BCUT2D eigenvalue weighted by Gasteiger charge is 2.09. The highest BCUT2D eigenvalue weighted by Crippen LogP contribution is 2.20. The predicted molar refractivity (Wildman–Crippen MR) is 75.5 cm³/mol. The van der Waals surface area contributed by atoms with Crippen LogP contribution in [0.4, 0.5) is 0 Å². The SMILES string of the molecule is Cl.NC(=NC(=O)c1cc2cc(Cl)ccc2[nH]1)NCl. The lowest BCUT2D eigenvalue weighted by molar-refractivity contribution is 0.0998. The molecule has 0 atom stereocenters. The van der Waals surface area contributed by atoms with Crippen LogP contribution in [0, 0.1) is 0 Å². The number of benzene rings is 1. The van der Waals surface area contributed by atoms with Crippen LogP contribution in [0.2, 0.25) is 5.02 Å². The summed E-state index contributed by atoms with van der Waals surface area (Å²) in [5.74, 6) is -0.670. The van der Waals surface area contributed by atoms with Gasteiger partial charge in [0.1, 0.15) is 5.69 Å². The summed E-state index contributed by atoms with van der Waals surface area (Å²) in [7, 11) is 0. The molecule has 0 aliphatic heterocycles. The summed E-state index contributed by atoms with van der Waals surface area (Å²) in [5.41, 5.74) is 6.39. The third-order valence-electron chi connectivity index (χ3n) is 2.13. The van der Waals surface area contributed by atoms with Crippen molar-refractivity contribution in [2.75, 3.05) is 0 Å². The van der Waals surface area contributed by atoms with E-state index in [4.69, 9.17) is 29.1 Å². The fraction of sp³-hybridized carbons (Fsp3) is 0. The molecular weight excluding hydrogens is 298 g/mol. The van der Waals surface area contributed by atoms with Crippen LogP contribution < -0.4 is 10.6 Å². The summed E-state index contributed by atoms with van der Waals surface area (Å²) in [6.45, 7) is 0. The van der Waals surface area contributed by atoms with Crippen molar-refractivity contribution < 1.29 is 4.79 Å². The third-order valence-corrected chi connectivity index (χ3v) is 2.56. The zero-order chi connectivity index (χ0) is 12.4. The van der Waals surface area contributed by atoms with Crippen molar-refractivity contribution in [3.05, 3.63) is 35.0 Å². The van der Waals surface area contributed by atoms with Gasteiger partial charge >= 0.3 is 0 Å². The Morgan fingerprint density at radius 1 is 1.39 bits per heavy atom. The lowest BCUT2D eigenvalue weighted by atomic mass is 10.2. The Morgan fingerprint density at radius 2 is 2.11 bits per heavy atom. The van der Waals surface area contributed by atoms with Crippen LogP contribution in [0.1, 0.15) is 10.5 Å². The third kappa shape index (κ3) is 3.07. The maximum Gasteiger partial charge on any atom is 0.296 e. The van der Waals surface area contributed by atoms with Crippen LogP contribution in [-0.2, 0) is 0 Å². The number of nitrogens with zero attached hydrogens (tertiary/aromatic N) is 1. The molecule has 0 fully saturated rings. The lowest BCUT2D eigenvalue weighted by Gasteiger charge is -1.93. The van der Waals surface area contributed by atoms with Crippen molar-refractivity contribution in [2.45, 2.75) is 0 Å². The van der Waals surface area contributed by atoms with Gasteiger partial charge in [-0.25, -0.2) is 0 Å². The number of carbonyl (C=O) groups excluding carboxylic acids is 1. The first-order valence-corrected chi connectivity index (χ1v) is 5.39. The number of amides is 1. The smallest absolute Gasteiger partial charge is 0.296 e. The minimum absolute atomic E-state index is 0. The van der Waals surface area contributed by atoms with Crippen molar-refractivity contribution >= 4 is 58.6 Å². The van der Waals surface area contributed by atoms with Crippen LogP contribution in [0.15, 0.2) is 29.3 Å². The molecule has 5 nitrogen and oxygen atoms in total. The van der Waals surface area contributed by atoms with Crippen LogP contribution in [0.3, 0.4) is 0 Å². The van der Waals surface area contributed by atoms with E-state index in [0.717, 1.165) is 10.9 Å². The molecule has 2 aromatic rings. The zero-order valence-corrected chi connectivity index (χ0v) is 11.2. The number of nitrogens with two attached hydrogens (primary N) is 1. The molecule has 1 aromatic carbocycles. The number of nitrogens with one attached hydrogen (secondary N) is 2. The van der Waals surface area contributed by atoms with Crippen molar-refractivity contribution in [1.82, 2.24) is 9.82 Å². The van der Waals surface area contributed by atoms with Gasteiger partial charge in [-0.15, -0.1) is 12.4 Å². The lowest BCUT2D eigenvalue weighted by Crippen LogP contribution is -2.25. The van der Waals surface area contributed by atoms with E-state index in [-0.39, 0.29) is 18.4 Å². The number of aromatic nitrogens is 1. The van der Waals surface area contributed by atoms with E-state index in [0.29, 0.717) is 10.7 Å².